The molecule has 208 valence electrons. The van der Waals surface area contributed by atoms with E-state index in [1.54, 1.807) is 25.4 Å². The quantitative estimate of drug-likeness (QED) is 0.296. The van der Waals surface area contributed by atoms with Gasteiger partial charge in [-0.2, -0.15) is 9.19 Å². The minimum atomic E-state index is -3.49. The van der Waals surface area contributed by atoms with Crippen LogP contribution in [0.5, 0.6) is 0 Å². The van der Waals surface area contributed by atoms with E-state index in [0.29, 0.717) is 23.0 Å². The topological polar surface area (TPSA) is 139 Å². The molecule has 1 unspecified atom stereocenters. The van der Waals surface area contributed by atoms with Crippen LogP contribution in [0.25, 0.3) is 22.4 Å². The second-order valence-electron chi connectivity index (χ2n) is 9.62. The lowest BCUT2D eigenvalue weighted by atomic mass is 10.2. The highest BCUT2D eigenvalue weighted by molar-refractivity contribution is 7.89. The van der Waals surface area contributed by atoms with E-state index in [4.69, 9.17) is 14.5 Å². The van der Waals surface area contributed by atoms with Gasteiger partial charge in [0, 0.05) is 24.9 Å². The van der Waals surface area contributed by atoms with Crippen molar-refractivity contribution in [1.82, 2.24) is 33.7 Å². The van der Waals surface area contributed by atoms with Gasteiger partial charge in [0.25, 0.3) is 10.0 Å². The van der Waals surface area contributed by atoms with Crippen molar-refractivity contribution in [3.8, 4) is 11.4 Å². The number of anilines is 2. The Bertz CT molecular complexity index is 1540. The summed E-state index contributed by atoms with van der Waals surface area (Å²) >= 11 is 0. The van der Waals surface area contributed by atoms with E-state index < -0.39 is 10.0 Å². The third-order valence-corrected chi connectivity index (χ3v) is 8.37. The maximum Gasteiger partial charge on any atom is 0.253 e. The van der Waals surface area contributed by atoms with Crippen molar-refractivity contribution in [2.24, 2.45) is 0 Å². The normalized spacial score (nSPS) is 17.8. The van der Waals surface area contributed by atoms with Crippen LogP contribution in [0.4, 0.5) is 11.6 Å². The molecular weight excluding hydrogens is 520 g/mol. The Morgan fingerprint density at radius 2 is 2.00 bits per heavy atom. The molecule has 0 aromatic carbocycles. The molecule has 1 aliphatic heterocycles. The monoisotopic (exact) mass is 554 g/mol. The number of hydrogen-bond donors (Lipinski definition) is 1. The lowest BCUT2D eigenvalue weighted by molar-refractivity contribution is -0.188. The van der Waals surface area contributed by atoms with Crippen LogP contribution in [0.1, 0.15) is 71.3 Å². The molecule has 5 heterocycles. The number of imidazole rings is 1. The summed E-state index contributed by atoms with van der Waals surface area (Å²) in [5, 5.41) is 7.20. The molecule has 13 heteroatoms. The number of nitrogens with one attached hydrogen (secondary N) is 1. The van der Waals surface area contributed by atoms with Crippen LogP contribution in [0.15, 0.2) is 36.9 Å². The van der Waals surface area contributed by atoms with E-state index in [0.717, 1.165) is 53.2 Å². The fourth-order valence-corrected chi connectivity index (χ4v) is 5.26. The zero-order chi connectivity index (χ0) is 27.6. The van der Waals surface area contributed by atoms with Gasteiger partial charge in [-0.25, -0.2) is 28.4 Å². The highest BCUT2D eigenvalue weighted by Gasteiger charge is 2.25. The predicted molar refractivity (Wildman–Crippen MR) is 147 cm³/mol. The summed E-state index contributed by atoms with van der Waals surface area (Å²) < 4.78 is 39.4. The first-order chi connectivity index (χ1) is 18.8. The van der Waals surface area contributed by atoms with Crippen molar-refractivity contribution in [1.29, 1.82) is 0 Å². The molecule has 1 aliphatic rings. The van der Waals surface area contributed by atoms with E-state index >= 15 is 0 Å². The van der Waals surface area contributed by atoms with Crippen molar-refractivity contribution < 1.29 is 17.9 Å². The van der Waals surface area contributed by atoms with Crippen molar-refractivity contribution in [2.45, 2.75) is 71.8 Å². The minimum Gasteiger partial charge on any atom is -0.353 e. The number of ether oxygens (including phenoxy) is 2. The van der Waals surface area contributed by atoms with Gasteiger partial charge in [0.1, 0.15) is 29.1 Å². The summed E-state index contributed by atoms with van der Waals surface area (Å²) in [6.45, 7) is 8.62. The molecule has 1 fully saturated rings. The average molecular weight is 555 g/mol. The van der Waals surface area contributed by atoms with Crippen LogP contribution in [0.2, 0.25) is 0 Å². The predicted octanol–water partition coefficient (Wildman–Crippen LogP) is 4.60. The summed E-state index contributed by atoms with van der Waals surface area (Å²) in [5.41, 5.74) is 2.22. The van der Waals surface area contributed by atoms with Crippen molar-refractivity contribution in [3.63, 3.8) is 0 Å². The van der Waals surface area contributed by atoms with Gasteiger partial charge < -0.3 is 19.4 Å². The largest absolute Gasteiger partial charge is 0.353 e. The minimum absolute atomic E-state index is 0.0566. The third kappa shape index (κ3) is 5.80. The molecular formula is C26H34N8O4S. The number of pyridine rings is 1. The van der Waals surface area contributed by atoms with Gasteiger partial charge in [-0.3, -0.25) is 0 Å². The molecule has 1 N–H and O–H groups in total. The molecule has 5 rings (SSSR count). The molecule has 12 nitrogen and oxygen atoms in total. The molecule has 0 amide bonds. The van der Waals surface area contributed by atoms with Gasteiger partial charge in [0.05, 0.1) is 35.4 Å². The Labute approximate surface area is 227 Å². The molecule has 0 radical (unpaired) electrons. The van der Waals surface area contributed by atoms with E-state index in [2.05, 4.69) is 43.8 Å². The van der Waals surface area contributed by atoms with E-state index in [9.17, 15) is 8.42 Å². The molecule has 39 heavy (non-hydrogen) atoms. The molecule has 0 spiro atoms. The smallest absolute Gasteiger partial charge is 0.253 e. The fraction of sp³-hybridized carbons (Fsp3) is 0.500. The van der Waals surface area contributed by atoms with Crippen LogP contribution in [0, 0.1) is 0 Å². The summed E-state index contributed by atoms with van der Waals surface area (Å²) in [7, 11) is -3.49. The zero-order valence-electron chi connectivity index (χ0n) is 22.6. The summed E-state index contributed by atoms with van der Waals surface area (Å²) in [6, 6.07) is 3.87. The second kappa shape index (κ2) is 11.4. The number of hydrogen-bond acceptors (Lipinski definition) is 10. The van der Waals surface area contributed by atoms with Gasteiger partial charge >= 0.3 is 0 Å². The molecule has 0 aliphatic carbocycles. The summed E-state index contributed by atoms with van der Waals surface area (Å²) in [6.07, 6.45) is 9.72. The number of rotatable bonds is 10. The van der Waals surface area contributed by atoms with E-state index in [-0.39, 0.29) is 24.2 Å². The molecule has 0 saturated carbocycles. The Morgan fingerprint density at radius 3 is 2.74 bits per heavy atom. The fourth-order valence-electron chi connectivity index (χ4n) is 4.53. The SMILES string of the molecule is CC[C@@H](C)n1c([C@@H](C)OC2CCCCO2)nc2cnc(Nc3ccnc(-c4cnn(S(=O)(=O)CC)c4)n3)cc21. The highest BCUT2D eigenvalue weighted by atomic mass is 32.2. The molecule has 4 aromatic heterocycles. The molecule has 0 bridgehead atoms. The van der Waals surface area contributed by atoms with Crippen molar-refractivity contribution in [2.75, 3.05) is 17.7 Å². The number of fused-ring (bicyclic) bond motifs is 1. The first-order valence-electron chi connectivity index (χ1n) is 13.3. The maximum absolute atomic E-state index is 12.1. The average Bonchev–Trinajstić information content (AvgIpc) is 3.60. The Kier molecular flexibility index (Phi) is 7.91. The van der Waals surface area contributed by atoms with Crippen LogP contribution in [0.3, 0.4) is 0 Å². The summed E-state index contributed by atoms with van der Waals surface area (Å²) in [4.78, 5) is 18.3. The molecule has 4 aromatic rings. The maximum atomic E-state index is 12.1. The first kappa shape index (κ1) is 27.2. The van der Waals surface area contributed by atoms with Crippen molar-refractivity contribution in [3.05, 3.63) is 42.7 Å². The molecule has 1 saturated heterocycles. The third-order valence-electron chi connectivity index (χ3n) is 6.87. The van der Waals surface area contributed by atoms with Crippen LogP contribution in [-0.4, -0.2) is 60.8 Å². The first-order valence-corrected chi connectivity index (χ1v) is 14.9. The number of aromatic nitrogens is 7. The standard InChI is InChI=1S/C26H34N8O4S/c1-5-17(3)34-21-13-23(28-15-20(21)30-26(34)18(4)38-24-9-7-8-12-37-24)31-22-10-11-27-25(32-22)19-14-29-33(16-19)39(35,36)6-2/h10-11,13-18,24H,5-9,12H2,1-4H3,(H,27,28,31,32)/t17-,18-,24?/m1/s1. The Balaban J connectivity index is 1.42. The zero-order valence-corrected chi connectivity index (χ0v) is 23.4. The van der Waals surface area contributed by atoms with Crippen LogP contribution >= 0.6 is 0 Å². The van der Waals surface area contributed by atoms with E-state index in [1.165, 1.54) is 12.4 Å². The van der Waals surface area contributed by atoms with Crippen LogP contribution in [-0.2, 0) is 19.5 Å². The van der Waals surface area contributed by atoms with Gasteiger partial charge in [-0.1, -0.05) is 6.92 Å². The van der Waals surface area contributed by atoms with Gasteiger partial charge in [-0.05, 0) is 52.5 Å². The van der Waals surface area contributed by atoms with E-state index in [1.807, 2.05) is 13.0 Å². The van der Waals surface area contributed by atoms with Crippen LogP contribution < -0.4 is 5.32 Å². The molecule has 3 atom stereocenters. The number of nitrogens with zero attached hydrogens (tertiary/aromatic N) is 7. The lowest BCUT2D eigenvalue weighted by Gasteiger charge is -2.27. The second-order valence-corrected chi connectivity index (χ2v) is 11.7. The lowest BCUT2D eigenvalue weighted by Crippen LogP contribution is -2.25. The Hall–Kier alpha value is -3.42. The van der Waals surface area contributed by atoms with Gasteiger partial charge in [-0.15, -0.1) is 0 Å². The van der Waals surface area contributed by atoms with Gasteiger partial charge in [0.2, 0.25) is 0 Å². The summed E-state index contributed by atoms with van der Waals surface area (Å²) in [5.74, 6) is 2.24. The highest BCUT2D eigenvalue weighted by Crippen LogP contribution is 2.31. The van der Waals surface area contributed by atoms with Gasteiger partial charge in [0.15, 0.2) is 12.1 Å². The Morgan fingerprint density at radius 1 is 1.15 bits per heavy atom. The van der Waals surface area contributed by atoms with Crippen molar-refractivity contribution >= 4 is 32.7 Å².